The number of nitrogens with zero attached hydrogens (tertiary/aromatic N) is 1. The molecule has 25 heavy (non-hydrogen) atoms. The SMILES string of the molecule is CCN(CC)C(=O)c1ccc(C(=CCO)c2cccc(OC)c2)cc1. The van der Waals surface area contributed by atoms with E-state index >= 15 is 0 Å². The molecule has 0 unspecified atom stereocenters. The topological polar surface area (TPSA) is 49.8 Å². The lowest BCUT2D eigenvalue weighted by Crippen LogP contribution is -2.30. The number of hydrogen-bond acceptors (Lipinski definition) is 3. The highest BCUT2D eigenvalue weighted by Gasteiger charge is 2.13. The van der Waals surface area contributed by atoms with Crippen molar-refractivity contribution in [2.45, 2.75) is 13.8 Å². The second-order valence-corrected chi connectivity index (χ2v) is 5.59. The molecule has 0 atom stereocenters. The fourth-order valence-corrected chi connectivity index (χ4v) is 2.77. The van der Waals surface area contributed by atoms with Crippen LogP contribution in [0.25, 0.3) is 5.57 Å². The quantitative estimate of drug-likeness (QED) is 0.838. The van der Waals surface area contributed by atoms with Crippen molar-refractivity contribution in [3.63, 3.8) is 0 Å². The van der Waals surface area contributed by atoms with Crippen LogP contribution in [0.5, 0.6) is 5.75 Å². The van der Waals surface area contributed by atoms with Gasteiger partial charge in [-0.3, -0.25) is 4.79 Å². The zero-order chi connectivity index (χ0) is 18.2. The van der Waals surface area contributed by atoms with Crippen LogP contribution in [0.2, 0.25) is 0 Å². The molecule has 0 aliphatic carbocycles. The number of methoxy groups -OCH3 is 1. The Morgan fingerprint density at radius 2 is 1.68 bits per heavy atom. The summed E-state index contributed by atoms with van der Waals surface area (Å²) in [7, 11) is 1.63. The van der Waals surface area contributed by atoms with Crippen LogP contribution < -0.4 is 4.74 Å². The van der Waals surface area contributed by atoms with Crippen molar-refractivity contribution < 1.29 is 14.6 Å². The molecule has 0 aliphatic rings. The molecule has 0 aliphatic heterocycles. The standard InChI is InChI=1S/C21H25NO3/c1-4-22(5-2)21(24)17-11-9-16(10-12-17)20(13-14-23)18-7-6-8-19(15-18)25-3/h6-13,15,23H,4-5,14H2,1-3H3. The molecule has 0 bridgehead atoms. The van der Waals surface area contributed by atoms with Gasteiger partial charge in [0.25, 0.3) is 5.91 Å². The molecule has 1 amide bonds. The molecule has 4 nitrogen and oxygen atoms in total. The van der Waals surface area contributed by atoms with E-state index in [-0.39, 0.29) is 12.5 Å². The van der Waals surface area contributed by atoms with Gasteiger partial charge in [-0.1, -0.05) is 30.3 Å². The number of hydrogen-bond donors (Lipinski definition) is 1. The van der Waals surface area contributed by atoms with E-state index in [4.69, 9.17) is 4.74 Å². The lowest BCUT2D eigenvalue weighted by Gasteiger charge is -2.19. The molecule has 1 N–H and O–H groups in total. The van der Waals surface area contributed by atoms with E-state index in [1.807, 2.05) is 62.4 Å². The van der Waals surface area contributed by atoms with E-state index in [1.165, 1.54) is 0 Å². The van der Waals surface area contributed by atoms with Gasteiger partial charge in [0.05, 0.1) is 13.7 Å². The maximum atomic E-state index is 12.4. The van der Waals surface area contributed by atoms with Crippen LogP contribution in [-0.2, 0) is 0 Å². The second-order valence-electron chi connectivity index (χ2n) is 5.59. The van der Waals surface area contributed by atoms with Crippen molar-refractivity contribution in [2.24, 2.45) is 0 Å². The lowest BCUT2D eigenvalue weighted by atomic mass is 9.96. The minimum atomic E-state index is -0.0628. The van der Waals surface area contributed by atoms with Gasteiger partial charge in [-0.2, -0.15) is 0 Å². The Labute approximate surface area is 149 Å². The zero-order valence-corrected chi connectivity index (χ0v) is 15.0. The maximum absolute atomic E-state index is 12.4. The summed E-state index contributed by atoms with van der Waals surface area (Å²) in [6.45, 7) is 5.26. The molecular weight excluding hydrogens is 314 g/mol. The minimum Gasteiger partial charge on any atom is -0.497 e. The Balaban J connectivity index is 2.34. The highest BCUT2D eigenvalue weighted by atomic mass is 16.5. The van der Waals surface area contributed by atoms with Crippen molar-refractivity contribution in [3.05, 3.63) is 71.3 Å². The highest BCUT2D eigenvalue weighted by molar-refractivity contribution is 5.94. The molecule has 0 radical (unpaired) electrons. The number of aliphatic hydroxyl groups excluding tert-OH is 1. The molecule has 0 heterocycles. The molecule has 132 valence electrons. The molecule has 4 heteroatoms. The van der Waals surface area contributed by atoms with Gasteiger partial charge in [-0.25, -0.2) is 0 Å². The Hall–Kier alpha value is -2.59. The van der Waals surface area contributed by atoms with Crippen molar-refractivity contribution in [3.8, 4) is 5.75 Å². The van der Waals surface area contributed by atoms with Crippen LogP contribution in [0.15, 0.2) is 54.6 Å². The summed E-state index contributed by atoms with van der Waals surface area (Å²) >= 11 is 0. The molecule has 0 spiro atoms. The maximum Gasteiger partial charge on any atom is 0.253 e. The summed E-state index contributed by atoms with van der Waals surface area (Å²) in [6, 6.07) is 15.2. The smallest absolute Gasteiger partial charge is 0.253 e. The number of carbonyl (C=O) groups is 1. The van der Waals surface area contributed by atoms with E-state index in [2.05, 4.69) is 0 Å². The fraction of sp³-hybridized carbons (Fsp3) is 0.286. The molecule has 0 saturated heterocycles. The summed E-state index contributed by atoms with van der Waals surface area (Å²) in [6.07, 6.45) is 1.76. The van der Waals surface area contributed by atoms with E-state index < -0.39 is 0 Å². The number of amides is 1. The number of benzene rings is 2. The van der Waals surface area contributed by atoms with Crippen LogP contribution in [0, 0.1) is 0 Å². The molecule has 2 aromatic carbocycles. The molecule has 0 fully saturated rings. The second kappa shape index (κ2) is 9.04. The average Bonchev–Trinajstić information content (AvgIpc) is 2.67. The number of aliphatic hydroxyl groups is 1. The monoisotopic (exact) mass is 339 g/mol. The third-order valence-electron chi connectivity index (χ3n) is 4.17. The van der Waals surface area contributed by atoms with Crippen molar-refractivity contribution in [1.82, 2.24) is 4.90 Å². The number of carbonyl (C=O) groups excluding carboxylic acids is 1. The van der Waals surface area contributed by atoms with Gasteiger partial charge in [-0.15, -0.1) is 0 Å². The summed E-state index contributed by atoms with van der Waals surface area (Å²) in [4.78, 5) is 14.2. The van der Waals surface area contributed by atoms with Crippen LogP contribution in [0.4, 0.5) is 0 Å². The van der Waals surface area contributed by atoms with Gasteiger partial charge in [0.1, 0.15) is 5.75 Å². The van der Waals surface area contributed by atoms with Gasteiger partial charge in [-0.05, 0) is 54.8 Å². The molecule has 2 rings (SSSR count). The molecule has 2 aromatic rings. The third kappa shape index (κ3) is 4.48. The normalized spacial score (nSPS) is 11.3. The van der Waals surface area contributed by atoms with Crippen molar-refractivity contribution in [1.29, 1.82) is 0 Å². The van der Waals surface area contributed by atoms with Crippen LogP contribution in [-0.4, -0.2) is 42.7 Å². The largest absolute Gasteiger partial charge is 0.497 e. The Bertz CT molecular complexity index is 731. The van der Waals surface area contributed by atoms with Crippen molar-refractivity contribution >= 4 is 11.5 Å². The summed E-state index contributed by atoms with van der Waals surface area (Å²) in [5, 5.41) is 9.40. The predicted octanol–water partition coefficient (Wildman–Crippen LogP) is 3.60. The van der Waals surface area contributed by atoms with E-state index in [0.29, 0.717) is 18.7 Å². The first-order valence-electron chi connectivity index (χ1n) is 8.49. The lowest BCUT2D eigenvalue weighted by molar-refractivity contribution is 0.0773. The highest BCUT2D eigenvalue weighted by Crippen LogP contribution is 2.26. The summed E-state index contributed by atoms with van der Waals surface area (Å²) < 4.78 is 5.28. The fourth-order valence-electron chi connectivity index (χ4n) is 2.77. The Morgan fingerprint density at radius 1 is 1.04 bits per heavy atom. The summed E-state index contributed by atoms with van der Waals surface area (Å²) in [5.41, 5.74) is 3.47. The van der Waals surface area contributed by atoms with Crippen LogP contribution in [0.1, 0.15) is 35.3 Å². The third-order valence-corrected chi connectivity index (χ3v) is 4.17. The predicted molar refractivity (Wildman–Crippen MR) is 101 cm³/mol. The first-order valence-corrected chi connectivity index (χ1v) is 8.49. The van der Waals surface area contributed by atoms with Gasteiger partial charge in [0.2, 0.25) is 0 Å². The molecule has 0 aromatic heterocycles. The van der Waals surface area contributed by atoms with Gasteiger partial charge in [0, 0.05) is 18.7 Å². The average molecular weight is 339 g/mol. The first-order chi connectivity index (χ1) is 12.1. The van der Waals surface area contributed by atoms with Gasteiger partial charge >= 0.3 is 0 Å². The van der Waals surface area contributed by atoms with Gasteiger partial charge < -0.3 is 14.7 Å². The Morgan fingerprint density at radius 3 is 2.24 bits per heavy atom. The van der Waals surface area contributed by atoms with E-state index in [9.17, 15) is 9.90 Å². The van der Waals surface area contributed by atoms with Crippen molar-refractivity contribution in [2.75, 3.05) is 26.8 Å². The number of ether oxygens (including phenoxy) is 1. The van der Waals surface area contributed by atoms with Crippen LogP contribution >= 0.6 is 0 Å². The van der Waals surface area contributed by atoms with Crippen LogP contribution in [0.3, 0.4) is 0 Å². The van der Waals surface area contributed by atoms with E-state index in [0.717, 1.165) is 22.4 Å². The molecule has 0 saturated carbocycles. The summed E-state index contributed by atoms with van der Waals surface area (Å²) in [5.74, 6) is 0.792. The number of rotatable bonds is 7. The van der Waals surface area contributed by atoms with E-state index in [1.54, 1.807) is 18.1 Å². The first kappa shape index (κ1) is 18.7. The molecular formula is C21H25NO3. The minimum absolute atomic E-state index is 0.0330. The van der Waals surface area contributed by atoms with Gasteiger partial charge in [0.15, 0.2) is 0 Å². The Kier molecular flexibility index (Phi) is 6.78. The zero-order valence-electron chi connectivity index (χ0n) is 15.0.